The normalized spacial score (nSPS) is 32.6. The second kappa shape index (κ2) is 6.55. The maximum Gasteiger partial charge on any atom is 0.307 e. The number of carbonyl (C=O) groups excluding carboxylic acids is 1. The third kappa shape index (κ3) is 3.47. The molecule has 0 aromatic carbocycles. The number of nitrogens with one attached hydrogen (secondary N) is 1. The van der Waals surface area contributed by atoms with Gasteiger partial charge in [0.25, 0.3) is 0 Å². The van der Waals surface area contributed by atoms with E-state index >= 15 is 0 Å². The molecule has 1 rings (SSSR count). The summed E-state index contributed by atoms with van der Waals surface area (Å²) in [5.74, 6) is 1.77. The molecule has 0 heterocycles. The van der Waals surface area contributed by atoms with Crippen LogP contribution in [0.3, 0.4) is 0 Å². The molecule has 3 atom stereocenters. The molecule has 1 N–H and O–H groups in total. The highest BCUT2D eigenvalue weighted by atomic mass is 16.5. The van der Waals surface area contributed by atoms with E-state index in [-0.39, 0.29) is 11.5 Å². The quantitative estimate of drug-likeness (QED) is 0.768. The first-order chi connectivity index (χ1) is 8.45. The average molecular weight is 255 g/mol. The Bertz CT molecular complexity index is 278. The zero-order valence-electron chi connectivity index (χ0n) is 12.6. The summed E-state index contributed by atoms with van der Waals surface area (Å²) in [6, 6.07) is 0. The van der Waals surface area contributed by atoms with E-state index in [4.69, 9.17) is 4.74 Å². The van der Waals surface area contributed by atoms with Crippen molar-refractivity contribution in [2.75, 3.05) is 13.7 Å². The van der Waals surface area contributed by atoms with Crippen molar-refractivity contribution in [3.05, 3.63) is 0 Å². The van der Waals surface area contributed by atoms with Gasteiger partial charge in [-0.2, -0.15) is 0 Å². The topological polar surface area (TPSA) is 38.3 Å². The van der Waals surface area contributed by atoms with Gasteiger partial charge >= 0.3 is 5.97 Å². The van der Waals surface area contributed by atoms with Gasteiger partial charge in [-0.1, -0.05) is 27.2 Å². The fourth-order valence-corrected chi connectivity index (χ4v) is 3.64. The maximum atomic E-state index is 11.9. The molecule has 106 valence electrons. The SMILES string of the molecule is CCOC(=O)CC1(NC)CC(C)CCC1C(C)C. The predicted octanol–water partition coefficient (Wildman–Crippen LogP) is 2.99. The first-order valence-electron chi connectivity index (χ1n) is 7.29. The summed E-state index contributed by atoms with van der Waals surface area (Å²) in [6.45, 7) is 9.15. The molecule has 0 bridgehead atoms. The zero-order valence-corrected chi connectivity index (χ0v) is 12.6. The van der Waals surface area contributed by atoms with E-state index in [1.54, 1.807) is 0 Å². The van der Waals surface area contributed by atoms with Gasteiger partial charge in [-0.25, -0.2) is 0 Å². The molecule has 3 heteroatoms. The highest BCUT2D eigenvalue weighted by molar-refractivity contribution is 5.71. The first-order valence-corrected chi connectivity index (χ1v) is 7.29. The summed E-state index contributed by atoms with van der Waals surface area (Å²) >= 11 is 0. The third-order valence-corrected chi connectivity index (χ3v) is 4.46. The number of carbonyl (C=O) groups is 1. The largest absolute Gasteiger partial charge is 0.466 e. The molecule has 1 fully saturated rings. The molecule has 0 saturated heterocycles. The lowest BCUT2D eigenvalue weighted by Gasteiger charge is -2.48. The van der Waals surface area contributed by atoms with Crippen LogP contribution in [0, 0.1) is 17.8 Å². The molecule has 0 amide bonds. The lowest BCUT2D eigenvalue weighted by molar-refractivity contribution is -0.146. The van der Waals surface area contributed by atoms with Gasteiger partial charge in [-0.3, -0.25) is 4.79 Å². The van der Waals surface area contributed by atoms with Crippen molar-refractivity contribution in [2.24, 2.45) is 17.8 Å². The molecule has 0 aromatic rings. The smallest absolute Gasteiger partial charge is 0.307 e. The van der Waals surface area contributed by atoms with Crippen LogP contribution in [-0.2, 0) is 9.53 Å². The van der Waals surface area contributed by atoms with E-state index < -0.39 is 0 Å². The molecule has 1 saturated carbocycles. The van der Waals surface area contributed by atoms with Crippen molar-refractivity contribution in [3.63, 3.8) is 0 Å². The Hall–Kier alpha value is -0.570. The minimum absolute atomic E-state index is 0.0633. The lowest BCUT2D eigenvalue weighted by Crippen LogP contribution is -2.56. The van der Waals surface area contributed by atoms with Crippen molar-refractivity contribution in [1.82, 2.24) is 5.32 Å². The van der Waals surface area contributed by atoms with Crippen molar-refractivity contribution < 1.29 is 9.53 Å². The van der Waals surface area contributed by atoms with E-state index in [2.05, 4.69) is 26.1 Å². The summed E-state index contributed by atoms with van der Waals surface area (Å²) in [4.78, 5) is 11.9. The van der Waals surface area contributed by atoms with Crippen LogP contribution in [0.1, 0.15) is 53.4 Å². The summed E-state index contributed by atoms with van der Waals surface area (Å²) in [5.41, 5.74) is -0.0713. The first kappa shape index (κ1) is 15.5. The summed E-state index contributed by atoms with van der Waals surface area (Å²) in [6.07, 6.45) is 4.06. The molecule has 1 aliphatic rings. The Labute approximate surface area is 112 Å². The van der Waals surface area contributed by atoms with Crippen LogP contribution in [-0.4, -0.2) is 25.2 Å². The lowest BCUT2D eigenvalue weighted by atomic mass is 9.63. The van der Waals surface area contributed by atoms with E-state index in [1.807, 2.05) is 14.0 Å². The van der Waals surface area contributed by atoms with Gasteiger partial charge in [0.15, 0.2) is 0 Å². The van der Waals surface area contributed by atoms with Crippen molar-refractivity contribution in [1.29, 1.82) is 0 Å². The highest BCUT2D eigenvalue weighted by Crippen LogP contribution is 2.42. The number of rotatable bonds is 5. The molecule has 3 nitrogen and oxygen atoms in total. The highest BCUT2D eigenvalue weighted by Gasteiger charge is 2.44. The van der Waals surface area contributed by atoms with Crippen LogP contribution < -0.4 is 5.32 Å². The fraction of sp³-hybridized carbons (Fsp3) is 0.933. The number of ether oxygens (including phenoxy) is 1. The van der Waals surface area contributed by atoms with E-state index in [1.165, 1.54) is 12.8 Å². The number of esters is 1. The van der Waals surface area contributed by atoms with E-state index in [0.717, 1.165) is 6.42 Å². The van der Waals surface area contributed by atoms with Gasteiger partial charge in [0.05, 0.1) is 13.0 Å². The van der Waals surface area contributed by atoms with Gasteiger partial charge < -0.3 is 10.1 Å². The molecular weight excluding hydrogens is 226 g/mol. The molecule has 0 aromatic heterocycles. The van der Waals surface area contributed by atoms with Crippen molar-refractivity contribution in [2.45, 2.75) is 58.9 Å². The zero-order chi connectivity index (χ0) is 13.8. The summed E-state index contributed by atoms with van der Waals surface area (Å²) < 4.78 is 5.16. The van der Waals surface area contributed by atoms with E-state index in [9.17, 15) is 4.79 Å². The van der Waals surface area contributed by atoms with Gasteiger partial charge in [-0.15, -0.1) is 0 Å². The van der Waals surface area contributed by atoms with Crippen LogP contribution in [0.25, 0.3) is 0 Å². The fourth-order valence-electron chi connectivity index (χ4n) is 3.64. The Morgan fingerprint density at radius 2 is 2.11 bits per heavy atom. The predicted molar refractivity (Wildman–Crippen MR) is 74.4 cm³/mol. The number of hydrogen-bond acceptors (Lipinski definition) is 3. The van der Waals surface area contributed by atoms with Crippen LogP contribution in [0.2, 0.25) is 0 Å². The van der Waals surface area contributed by atoms with Gasteiger partial charge in [0.1, 0.15) is 0 Å². The van der Waals surface area contributed by atoms with Crippen molar-refractivity contribution >= 4 is 5.97 Å². The molecule has 0 aliphatic heterocycles. The summed E-state index contributed by atoms with van der Waals surface area (Å²) in [7, 11) is 1.99. The van der Waals surface area contributed by atoms with Crippen LogP contribution in [0.4, 0.5) is 0 Å². The Morgan fingerprint density at radius 3 is 2.61 bits per heavy atom. The monoisotopic (exact) mass is 255 g/mol. The Kier molecular flexibility index (Phi) is 5.64. The van der Waals surface area contributed by atoms with Gasteiger partial charge in [0.2, 0.25) is 0 Å². The molecule has 1 aliphatic carbocycles. The molecule has 3 unspecified atom stereocenters. The second-order valence-corrected chi connectivity index (χ2v) is 6.13. The van der Waals surface area contributed by atoms with Crippen LogP contribution >= 0.6 is 0 Å². The molecule has 0 radical (unpaired) electrons. The average Bonchev–Trinajstić information content (AvgIpc) is 2.28. The second-order valence-electron chi connectivity index (χ2n) is 6.13. The maximum absolute atomic E-state index is 11.9. The number of hydrogen-bond donors (Lipinski definition) is 1. The molecule has 18 heavy (non-hydrogen) atoms. The van der Waals surface area contributed by atoms with Crippen LogP contribution in [0.15, 0.2) is 0 Å². The Balaban J connectivity index is 2.86. The standard InChI is InChI=1S/C15H29NO2/c1-6-18-14(17)10-15(16-5)9-12(4)7-8-13(15)11(2)3/h11-13,16H,6-10H2,1-5H3. The minimum atomic E-state index is -0.0713. The van der Waals surface area contributed by atoms with Gasteiger partial charge in [-0.05, 0) is 44.6 Å². The minimum Gasteiger partial charge on any atom is -0.466 e. The van der Waals surface area contributed by atoms with Crippen LogP contribution in [0.5, 0.6) is 0 Å². The third-order valence-electron chi connectivity index (χ3n) is 4.46. The molecule has 0 spiro atoms. The summed E-state index contributed by atoms with van der Waals surface area (Å²) in [5, 5.41) is 3.47. The van der Waals surface area contributed by atoms with E-state index in [0.29, 0.717) is 30.8 Å². The Morgan fingerprint density at radius 1 is 1.44 bits per heavy atom. The molecular formula is C15H29NO2. The van der Waals surface area contributed by atoms with Gasteiger partial charge in [0, 0.05) is 5.54 Å². The van der Waals surface area contributed by atoms with Crippen molar-refractivity contribution in [3.8, 4) is 0 Å².